The van der Waals surface area contributed by atoms with Crippen LogP contribution in [0.4, 0.5) is 0 Å². The van der Waals surface area contributed by atoms with Crippen LogP contribution in [0.3, 0.4) is 0 Å². The van der Waals surface area contributed by atoms with Crippen molar-refractivity contribution in [3.8, 4) is 17.2 Å². The summed E-state index contributed by atoms with van der Waals surface area (Å²) in [6.07, 6.45) is 0. The molecule has 0 unspecified atom stereocenters. The van der Waals surface area contributed by atoms with Crippen molar-refractivity contribution in [3.63, 3.8) is 0 Å². The number of rotatable bonds is 2. The van der Waals surface area contributed by atoms with Gasteiger partial charge in [0.25, 0.3) is 0 Å². The van der Waals surface area contributed by atoms with E-state index in [1.807, 2.05) is 12.1 Å². The minimum Gasteiger partial charge on any atom is -0.278 e. The number of aromatic nitrogens is 3. The highest BCUT2D eigenvalue weighted by atomic mass is 15.2. The van der Waals surface area contributed by atoms with Crippen molar-refractivity contribution in [2.24, 2.45) is 0 Å². The molecule has 3 nitrogen and oxygen atoms in total. The topological polar surface area (TPSA) is 30.7 Å². The van der Waals surface area contributed by atoms with Crippen LogP contribution in [0, 0.1) is 0 Å². The molecule has 3 heteroatoms. The summed E-state index contributed by atoms with van der Waals surface area (Å²) in [6.45, 7) is 0. The van der Waals surface area contributed by atoms with Crippen LogP contribution in [0.2, 0.25) is 0 Å². The zero-order valence-electron chi connectivity index (χ0n) is 22.1. The molecular formula is C38H23N3. The summed E-state index contributed by atoms with van der Waals surface area (Å²) in [5.41, 5.74) is 5.16. The van der Waals surface area contributed by atoms with Gasteiger partial charge in [-0.1, -0.05) is 115 Å². The third kappa shape index (κ3) is 3.26. The first kappa shape index (κ1) is 22.3. The number of fused-ring (bicyclic) bond motifs is 9. The highest BCUT2D eigenvalue weighted by Gasteiger charge is 2.18. The fourth-order valence-corrected chi connectivity index (χ4v) is 6.48. The van der Waals surface area contributed by atoms with Crippen molar-refractivity contribution in [1.82, 2.24) is 14.5 Å². The van der Waals surface area contributed by atoms with E-state index in [2.05, 4.69) is 132 Å². The number of benzene rings is 7. The summed E-state index contributed by atoms with van der Waals surface area (Å²) >= 11 is 0. The van der Waals surface area contributed by atoms with Gasteiger partial charge < -0.3 is 0 Å². The highest BCUT2D eigenvalue weighted by Crippen LogP contribution is 2.38. The quantitative estimate of drug-likeness (QED) is 0.212. The lowest BCUT2D eigenvalue weighted by Crippen LogP contribution is -2.03. The van der Waals surface area contributed by atoms with Crippen LogP contribution in [-0.2, 0) is 0 Å². The Balaban J connectivity index is 1.39. The van der Waals surface area contributed by atoms with Crippen molar-refractivity contribution < 1.29 is 0 Å². The lowest BCUT2D eigenvalue weighted by Gasteiger charge is -2.12. The third-order valence-electron chi connectivity index (χ3n) is 8.37. The zero-order valence-corrected chi connectivity index (χ0v) is 22.1. The van der Waals surface area contributed by atoms with Crippen molar-refractivity contribution in [2.45, 2.75) is 0 Å². The van der Waals surface area contributed by atoms with Crippen LogP contribution in [-0.4, -0.2) is 14.5 Å². The molecule has 0 atom stereocenters. The van der Waals surface area contributed by atoms with Crippen molar-refractivity contribution in [2.75, 3.05) is 0 Å². The average Bonchev–Trinajstić information content (AvgIpc) is 3.36. The van der Waals surface area contributed by atoms with Gasteiger partial charge in [-0.2, -0.15) is 0 Å². The highest BCUT2D eigenvalue weighted by molar-refractivity contribution is 6.22. The Kier molecular flexibility index (Phi) is 4.61. The smallest absolute Gasteiger partial charge is 0.235 e. The lowest BCUT2D eigenvalue weighted by molar-refractivity contribution is 1.01. The second-order valence-corrected chi connectivity index (χ2v) is 10.6. The maximum atomic E-state index is 5.23. The van der Waals surface area contributed by atoms with Gasteiger partial charge in [-0.25, -0.2) is 9.97 Å². The van der Waals surface area contributed by atoms with Crippen molar-refractivity contribution >= 4 is 65.0 Å². The zero-order chi connectivity index (χ0) is 26.9. The van der Waals surface area contributed by atoms with E-state index in [9.17, 15) is 0 Å². The Bertz CT molecular complexity index is 2470. The first-order valence-corrected chi connectivity index (χ1v) is 13.9. The molecule has 0 aliphatic rings. The van der Waals surface area contributed by atoms with E-state index in [1.54, 1.807) is 0 Å². The largest absolute Gasteiger partial charge is 0.278 e. The van der Waals surface area contributed by atoms with Gasteiger partial charge >= 0.3 is 0 Å². The predicted octanol–water partition coefficient (Wildman–Crippen LogP) is 9.85. The molecule has 41 heavy (non-hydrogen) atoms. The molecule has 2 aromatic heterocycles. The lowest BCUT2D eigenvalue weighted by atomic mass is 9.96. The third-order valence-corrected chi connectivity index (χ3v) is 8.37. The molecule has 7 aromatic carbocycles. The van der Waals surface area contributed by atoms with Gasteiger partial charge in [0.05, 0.1) is 22.2 Å². The van der Waals surface area contributed by atoms with Crippen molar-refractivity contribution in [3.05, 3.63) is 140 Å². The number of hydrogen-bond donors (Lipinski definition) is 0. The Hall–Kier alpha value is -5.54. The maximum Gasteiger partial charge on any atom is 0.235 e. The van der Waals surface area contributed by atoms with Crippen LogP contribution in [0.25, 0.3) is 82.2 Å². The molecule has 0 aliphatic carbocycles. The van der Waals surface area contributed by atoms with Gasteiger partial charge in [0.15, 0.2) is 0 Å². The molecule has 0 fully saturated rings. The second-order valence-electron chi connectivity index (χ2n) is 10.6. The molecule has 0 saturated heterocycles. The molecule has 0 radical (unpaired) electrons. The summed E-state index contributed by atoms with van der Waals surface area (Å²) in [6, 6.07) is 49.6. The fraction of sp³-hybridized carbons (Fsp3) is 0. The summed E-state index contributed by atoms with van der Waals surface area (Å²) in [5, 5.41) is 11.0. The van der Waals surface area contributed by atoms with Gasteiger partial charge in [0.1, 0.15) is 0 Å². The number of hydrogen-bond acceptors (Lipinski definition) is 2. The maximum absolute atomic E-state index is 5.23. The molecule has 9 rings (SSSR count). The van der Waals surface area contributed by atoms with E-state index in [1.165, 1.54) is 43.1 Å². The van der Waals surface area contributed by atoms with E-state index in [-0.39, 0.29) is 0 Å². The number of para-hydroxylation sites is 2. The molecule has 2 heterocycles. The molecule has 0 saturated carbocycles. The van der Waals surface area contributed by atoms with E-state index in [0.29, 0.717) is 5.95 Å². The summed E-state index contributed by atoms with van der Waals surface area (Å²) < 4.78 is 2.23. The first-order chi connectivity index (χ1) is 20.3. The predicted molar refractivity (Wildman–Crippen MR) is 172 cm³/mol. The van der Waals surface area contributed by atoms with Gasteiger partial charge in [0.2, 0.25) is 5.95 Å². The average molecular weight is 522 g/mol. The molecular weight excluding hydrogens is 498 g/mol. The SMILES string of the molecule is c1ccc(-c2nc(-n3c4ccccc4c4cc5c(ccc6c7ccccc7ccc56)cc43)nc3ccccc23)cc1. The van der Waals surface area contributed by atoms with Crippen LogP contribution in [0.1, 0.15) is 0 Å². The molecule has 190 valence electrons. The molecule has 9 aromatic rings. The van der Waals surface area contributed by atoms with E-state index < -0.39 is 0 Å². The summed E-state index contributed by atoms with van der Waals surface area (Å²) in [7, 11) is 0. The summed E-state index contributed by atoms with van der Waals surface area (Å²) in [5.74, 6) is 0.680. The number of nitrogens with zero attached hydrogens (tertiary/aromatic N) is 3. The Morgan fingerprint density at radius 2 is 1.07 bits per heavy atom. The monoisotopic (exact) mass is 521 g/mol. The summed E-state index contributed by atoms with van der Waals surface area (Å²) in [4.78, 5) is 10.4. The van der Waals surface area contributed by atoms with E-state index in [0.717, 1.165) is 33.2 Å². The van der Waals surface area contributed by atoms with Gasteiger partial charge in [-0.15, -0.1) is 0 Å². The Morgan fingerprint density at radius 3 is 1.95 bits per heavy atom. The standard InChI is InChI=1S/C38H23N3/c1-2-11-25(12-3-1)37-31-15-6-8-16-34(31)39-38(40-37)41-35-17-9-7-14-30(35)33-23-32-26(22-36(33)41)19-21-28-27-13-5-4-10-24(27)18-20-29(28)32/h1-23H. The van der Waals surface area contributed by atoms with Gasteiger partial charge in [-0.05, 0) is 56.6 Å². The van der Waals surface area contributed by atoms with E-state index in [4.69, 9.17) is 9.97 Å². The minimum absolute atomic E-state index is 0.680. The normalized spacial score (nSPS) is 11.9. The molecule has 0 amide bonds. The van der Waals surface area contributed by atoms with E-state index >= 15 is 0 Å². The Morgan fingerprint density at radius 1 is 0.390 bits per heavy atom. The fourth-order valence-electron chi connectivity index (χ4n) is 6.48. The van der Waals surface area contributed by atoms with Crippen LogP contribution < -0.4 is 0 Å². The van der Waals surface area contributed by atoms with Crippen LogP contribution in [0.5, 0.6) is 0 Å². The molecule has 0 spiro atoms. The molecule has 0 bridgehead atoms. The van der Waals surface area contributed by atoms with Gasteiger partial charge in [0, 0.05) is 21.7 Å². The first-order valence-electron chi connectivity index (χ1n) is 13.9. The minimum atomic E-state index is 0.680. The van der Waals surface area contributed by atoms with Crippen LogP contribution >= 0.6 is 0 Å². The van der Waals surface area contributed by atoms with Gasteiger partial charge in [-0.3, -0.25) is 4.57 Å². The van der Waals surface area contributed by atoms with Crippen molar-refractivity contribution in [1.29, 1.82) is 0 Å². The molecule has 0 N–H and O–H groups in total. The molecule has 0 aliphatic heterocycles. The Labute approximate surface area is 235 Å². The van der Waals surface area contributed by atoms with Crippen LogP contribution in [0.15, 0.2) is 140 Å². The second kappa shape index (κ2) is 8.48.